The summed E-state index contributed by atoms with van der Waals surface area (Å²) in [7, 11) is -3.95. The van der Waals surface area contributed by atoms with Gasteiger partial charge >= 0.3 is 16.5 Å². The molecule has 2 aromatic carbocycles. The standard InChI is InChI=1S/C16H10F3NO6S/c1-27(23,24)26-12-4-2-3-11-13(12)15(22)20(14(11)21)9-5-7-10(8-6-9)25-16(17,18)19/h2-8H,1H3. The molecule has 0 saturated carbocycles. The van der Waals surface area contributed by atoms with Gasteiger partial charge in [0.15, 0.2) is 5.75 Å². The first kappa shape index (κ1) is 18.7. The smallest absolute Gasteiger partial charge is 0.406 e. The molecule has 11 heteroatoms. The molecule has 2 aromatic rings. The molecule has 1 heterocycles. The molecule has 0 aliphatic carbocycles. The lowest BCUT2D eigenvalue weighted by Gasteiger charge is -2.15. The zero-order valence-electron chi connectivity index (χ0n) is 13.5. The molecule has 7 nitrogen and oxygen atoms in total. The van der Waals surface area contributed by atoms with Crippen molar-refractivity contribution in [3.63, 3.8) is 0 Å². The first-order chi connectivity index (χ1) is 12.5. The number of amides is 2. The number of carbonyl (C=O) groups is 2. The van der Waals surface area contributed by atoms with E-state index in [2.05, 4.69) is 4.74 Å². The quantitative estimate of drug-likeness (QED) is 0.578. The molecule has 0 radical (unpaired) electrons. The van der Waals surface area contributed by atoms with Gasteiger partial charge in [0.25, 0.3) is 11.8 Å². The Morgan fingerprint density at radius 2 is 1.59 bits per heavy atom. The molecule has 0 aromatic heterocycles. The molecule has 0 unspecified atom stereocenters. The minimum absolute atomic E-state index is 0.0129. The van der Waals surface area contributed by atoms with Gasteiger partial charge in [0.2, 0.25) is 0 Å². The lowest BCUT2D eigenvalue weighted by molar-refractivity contribution is -0.274. The third-order valence-electron chi connectivity index (χ3n) is 3.45. The van der Waals surface area contributed by atoms with E-state index >= 15 is 0 Å². The largest absolute Gasteiger partial charge is 0.573 e. The molecule has 1 aliphatic heterocycles. The summed E-state index contributed by atoms with van der Waals surface area (Å²) in [5.74, 6) is -2.46. The van der Waals surface area contributed by atoms with Crippen LogP contribution in [0.4, 0.5) is 18.9 Å². The zero-order valence-corrected chi connectivity index (χ0v) is 14.3. The van der Waals surface area contributed by atoms with Crippen LogP contribution in [0.25, 0.3) is 0 Å². The number of ether oxygens (including phenoxy) is 1. The van der Waals surface area contributed by atoms with Crippen molar-refractivity contribution < 1.29 is 40.1 Å². The molecule has 0 N–H and O–H groups in total. The van der Waals surface area contributed by atoms with E-state index in [1.54, 1.807) is 0 Å². The van der Waals surface area contributed by atoms with E-state index in [0.717, 1.165) is 30.5 Å². The van der Waals surface area contributed by atoms with Gasteiger partial charge in [-0.25, -0.2) is 4.90 Å². The fourth-order valence-electron chi connectivity index (χ4n) is 2.52. The average Bonchev–Trinajstić information content (AvgIpc) is 2.78. The summed E-state index contributed by atoms with van der Waals surface area (Å²) in [6.07, 6.45) is -4.10. The molecule has 0 bridgehead atoms. The molecular formula is C16H10F3NO6S. The van der Waals surface area contributed by atoms with E-state index in [1.807, 2.05) is 0 Å². The second-order valence-corrected chi connectivity index (χ2v) is 7.03. The summed E-state index contributed by atoms with van der Waals surface area (Å²) in [6.45, 7) is 0. The van der Waals surface area contributed by atoms with Gasteiger partial charge in [0, 0.05) is 0 Å². The van der Waals surface area contributed by atoms with Crippen molar-refractivity contribution in [2.45, 2.75) is 6.36 Å². The predicted octanol–water partition coefficient (Wildman–Crippen LogP) is 2.72. The van der Waals surface area contributed by atoms with E-state index in [9.17, 15) is 31.2 Å². The van der Waals surface area contributed by atoms with E-state index < -0.39 is 34.0 Å². The van der Waals surface area contributed by atoms with Crippen LogP contribution in [0.3, 0.4) is 0 Å². The Bertz CT molecular complexity index is 1030. The second-order valence-electron chi connectivity index (χ2n) is 5.45. The van der Waals surface area contributed by atoms with Gasteiger partial charge in [0.1, 0.15) is 5.75 Å². The lowest BCUT2D eigenvalue weighted by atomic mass is 10.1. The van der Waals surface area contributed by atoms with Crippen LogP contribution in [0.15, 0.2) is 42.5 Å². The number of benzene rings is 2. The van der Waals surface area contributed by atoms with Crippen LogP contribution in [0.1, 0.15) is 20.7 Å². The number of hydrogen-bond donors (Lipinski definition) is 0. The van der Waals surface area contributed by atoms with Crippen LogP contribution >= 0.6 is 0 Å². The number of anilines is 1. The topological polar surface area (TPSA) is 90.0 Å². The number of imide groups is 1. The summed E-state index contributed by atoms with van der Waals surface area (Å²) in [5.41, 5.74) is -0.346. The Kier molecular flexibility index (Phi) is 4.34. The van der Waals surface area contributed by atoms with Crippen molar-refractivity contribution in [3.8, 4) is 11.5 Å². The number of alkyl halides is 3. The fourth-order valence-corrected chi connectivity index (χ4v) is 2.98. The monoisotopic (exact) mass is 401 g/mol. The first-order valence-corrected chi connectivity index (χ1v) is 9.05. The molecule has 27 heavy (non-hydrogen) atoms. The highest BCUT2D eigenvalue weighted by Gasteiger charge is 2.40. The Labute approximate surface area is 151 Å². The number of nitrogens with zero attached hydrogens (tertiary/aromatic N) is 1. The second kappa shape index (κ2) is 6.27. The van der Waals surface area contributed by atoms with Crippen LogP contribution in [0, 0.1) is 0 Å². The first-order valence-electron chi connectivity index (χ1n) is 7.23. The SMILES string of the molecule is CS(=O)(=O)Oc1cccc2c1C(=O)N(c1ccc(OC(F)(F)F)cc1)C2=O. The van der Waals surface area contributed by atoms with Crippen molar-refractivity contribution in [1.82, 2.24) is 0 Å². The minimum Gasteiger partial charge on any atom is -0.406 e. The molecule has 0 saturated heterocycles. The van der Waals surface area contributed by atoms with Crippen LogP contribution in [-0.4, -0.2) is 32.9 Å². The third-order valence-corrected chi connectivity index (χ3v) is 3.93. The molecule has 1 aliphatic rings. The summed E-state index contributed by atoms with van der Waals surface area (Å²) in [6, 6.07) is 7.95. The summed E-state index contributed by atoms with van der Waals surface area (Å²) in [5, 5.41) is 0. The zero-order chi connectivity index (χ0) is 20.0. The Morgan fingerprint density at radius 1 is 0.963 bits per heavy atom. The van der Waals surface area contributed by atoms with Gasteiger partial charge in [-0.3, -0.25) is 9.59 Å². The van der Waals surface area contributed by atoms with Gasteiger partial charge < -0.3 is 8.92 Å². The average molecular weight is 401 g/mol. The Hall–Kier alpha value is -3.08. The van der Waals surface area contributed by atoms with Crippen molar-refractivity contribution in [2.75, 3.05) is 11.2 Å². The van der Waals surface area contributed by atoms with Crippen LogP contribution < -0.4 is 13.8 Å². The predicted molar refractivity (Wildman–Crippen MR) is 86.2 cm³/mol. The Balaban J connectivity index is 1.96. The van der Waals surface area contributed by atoms with Crippen LogP contribution in [-0.2, 0) is 10.1 Å². The molecule has 0 spiro atoms. The van der Waals surface area contributed by atoms with Crippen LogP contribution in [0.2, 0.25) is 0 Å². The number of hydrogen-bond acceptors (Lipinski definition) is 6. The maximum atomic E-state index is 12.6. The molecular weight excluding hydrogens is 391 g/mol. The van der Waals surface area contributed by atoms with Crippen molar-refractivity contribution >= 4 is 27.6 Å². The van der Waals surface area contributed by atoms with E-state index in [-0.39, 0.29) is 22.6 Å². The molecule has 3 rings (SSSR count). The fraction of sp³-hybridized carbons (Fsp3) is 0.125. The maximum Gasteiger partial charge on any atom is 0.573 e. The van der Waals surface area contributed by atoms with E-state index in [1.165, 1.54) is 18.2 Å². The van der Waals surface area contributed by atoms with Gasteiger partial charge in [-0.15, -0.1) is 13.2 Å². The van der Waals surface area contributed by atoms with Gasteiger partial charge in [-0.05, 0) is 36.4 Å². The van der Waals surface area contributed by atoms with Crippen molar-refractivity contribution in [2.24, 2.45) is 0 Å². The number of fused-ring (bicyclic) bond motifs is 1. The highest BCUT2D eigenvalue weighted by atomic mass is 32.2. The number of halogens is 3. The minimum atomic E-state index is -4.88. The molecule has 0 fully saturated rings. The maximum absolute atomic E-state index is 12.6. The highest BCUT2D eigenvalue weighted by Crippen LogP contribution is 2.35. The van der Waals surface area contributed by atoms with Gasteiger partial charge in [-0.1, -0.05) is 6.07 Å². The Morgan fingerprint density at radius 3 is 2.15 bits per heavy atom. The van der Waals surface area contributed by atoms with E-state index in [0.29, 0.717) is 4.90 Å². The normalized spacial score (nSPS) is 14.3. The highest BCUT2D eigenvalue weighted by molar-refractivity contribution is 7.86. The summed E-state index contributed by atoms with van der Waals surface area (Å²) < 4.78 is 67.9. The number of carbonyl (C=O) groups excluding carboxylic acids is 2. The molecule has 142 valence electrons. The molecule has 2 amide bonds. The van der Waals surface area contributed by atoms with Crippen molar-refractivity contribution in [3.05, 3.63) is 53.6 Å². The van der Waals surface area contributed by atoms with Gasteiger partial charge in [-0.2, -0.15) is 8.42 Å². The van der Waals surface area contributed by atoms with Crippen LogP contribution in [0.5, 0.6) is 11.5 Å². The lowest BCUT2D eigenvalue weighted by Crippen LogP contribution is -2.29. The molecule has 0 atom stereocenters. The van der Waals surface area contributed by atoms with Gasteiger partial charge in [0.05, 0.1) is 23.1 Å². The summed E-state index contributed by atoms with van der Waals surface area (Å²) >= 11 is 0. The van der Waals surface area contributed by atoms with E-state index in [4.69, 9.17) is 4.18 Å². The number of rotatable bonds is 4. The summed E-state index contributed by atoms with van der Waals surface area (Å²) in [4.78, 5) is 25.9. The third kappa shape index (κ3) is 3.87. The van der Waals surface area contributed by atoms with Crippen molar-refractivity contribution in [1.29, 1.82) is 0 Å².